The Bertz CT molecular complexity index is 159. The summed E-state index contributed by atoms with van der Waals surface area (Å²) in [5.74, 6) is -1.02. The second-order valence-electron chi connectivity index (χ2n) is 2.30. The van der Waals surface area contributed by atoms with Crippen molar-refractivity contribution >= 4 is 11.9 Å². The zero-order valence-electron chi connectivity index (χ0n) is 7.78. The van der Waals surface area contributed by atoms with Crippen LogP contribution < -0.4 is 0 Å². The number of carbonyl (C=O) groups excluding carboxylic acids is 2. The molecule has 76 valence electrons. The van der Waals surface area contributed by atoms with E-state index in [4.69, 9.17) is 5.11 Å². The molecule has 0 bridgehead atoms. The van der Waals surface area contributed by atoms with E-state index in [1.807, 2.05) is 0 Å². The maximum atomic E-state index is 10.7. The molecule has 5 nitrogen and oxygen atoms in total. The van der Waals surface area contributed by atoms with Crippen molar-refractivity contribution in [3.8, 4) is 0 Å². The molecule has 0 aromatic rings. The Morgan fingerprint density at radius 3 is 1.77 bits per heavy atom. The molecule has 0 heterocycles. The van der Waals surface area contributed by atoms with Gasteiger partial charge in [-0.25, -0.2) is 0 Å². The first-order chi connectivity index (χ1) is 6.13. The smallest absolute Gasteiger partial charge is 0.308 e. The van der Waals surface area contributed by atoms with Crippen molar-refractivity contribution in [3.05, 3.63) is 0 Å². The molecule has 0 saturated heterocycles. The number of rotatable bonds is 5. The number of hydrogen-bond acceptors (Lipinski definition) is 5. The number of carbonyl (C=O) groups is 2. The van der Waals surface area contributed by atoms with Gasteiger partial charge in [-0.3, -0.25) is 9.59 Å². The normalized spacial score (nSPS) is 9.85. The minimum absolute atomic E-state index is 0.181. The minimum Gasteiger partial charge on any atom is -0.423 e. The second kappa shape index (κ2) is 6.42. The summed E-state index contributed by atoms with van der Waals surface area (Å²) in [7, 11) is 0. The highest BCUT2D eigenvalue weighted by Crippen LogP contribution is 1.99. The summed E-state index contributed by atoms with van der Waals surface area (Å²) >= 11 is 0. The van der Waals surface area contributed by atoms with Gasteiger partial charge in [-0.2, -0.15) is 0 Å². The molecule has 0 aromatic heterocycles. The molecule has 1 N–H and O–H groups in total. The van der Waals surface area contributed by atoms with E-state index in [9.17, 15) is 9.59 Å². The first-order valence-electron chi connectivity index (χ1n) is 4.13. The molecule has 0 saturated carbocycles. The van der Waals surface area contributed by atoms with Gasteiger partial charge in [0.25, 0.3) is 6.29 Å². The summed E-state index contributed by atoms with van der Waals surface area (Å²) in [6, 6.07) is 0. The average Bonchev–Trinajstić information content (AvgIpc) is 2.16. The van der Waals surface area contributed by atoms with Gasteiger partial charge in [0.15, 0.2) is 0 Å². The number of hydrogen-bond donors (Lipinski definition) is 1. The molecule has 0 spiro atoms. The van der Waals surface area contributed by atoms with Gasteiger partial charge in [0.1, 0.15) is 6.61 Å². The van der Waals surface area contributed by atoms with Crippen LogP contribution in [0.1, 0.15) is 26.7 Å². The lowest BCUT2D eigenvalue weighted by molar-refractivity contribution is -0.193. The molecule has 0 fully saturated rings. The van der Waals surface area contributed by atoms with E-state index in [0.29, 0.717) is 0 Å². The first kappa shape index (κ1) is 11.9. The van der Waals surface area contributed by atoms with Crippen LogP contribution in [0.15, 0.2) is 0 Å². The summed E-state index contributed by atoms with van der Waals surface area (Å²) in [6.45, 7) is 2.70. The Labute approximate surface area is 76.6 Å². The largest absolute Gasteiger partial charge is 0.423 e. The molecule has 0 unspecified atom stereocenters. The molecule has 0 radical (unpaired) electrons. The molecule has 0 aromatic carbocycles. The highest BCUT2D eigenvalue weighted by molar-refractivity contribution is 5.71. The molecule has 0 amide bonds. The monoisotopic (exact) mass is 190 g/mol. The van der Waals surface area contributed by atoms with Crippen LogP contribution in [0.3, 0.4) is 0 Å². The van der Waals surface area contributed by atoms with Gasteiger partial charge in [-0.15, -0.1) is 0 Å². The van der Waals surface area contributed by atoms with Crippen LogP contribution >= 0.6 is 0 Å². The third-order valence-corrected chi connectivity index (χ3v) is 1.25. The van der Waals surface area contributed by atoms with Crippen LogP contribution in [-0.2, 0) is 19.1 Å². The van der Waals surface area contributed by atoms with Gasteiger partial charge >= 0.3 is 11.9 Å². The Balaban J connectivity index is 3.89. The number of aliphatic hydroxyl groups excluding tert-OH is 1. The van der Waals surface area contributed by atoms with Crippen molar-refractivity contribution in [2.45, 2.75) is 33.0 Å². The minimum atomic E-state index is -1.17. The van der Waals surface area contributed by atoms with Crippen LogP contribution in [0.25, 0.3) is 0 Å². The highest BCUT2D eigenvalue weighted by atomic mass is 16.7. The maximum absolute atomic E-state index is 10.7. The fourth-order valence-corrected chi connectivity index (χ4v) is 0.558. The van der Waals surface area contributed by atoms with E-state index < -0.39 is 24.8 Å². The number of esters is 2. The Morgan fingerprint density at radius 1 is 1.15 bits per heavy atom. The van der Waals surface area contributed by atoms with Gasteiger partial charge in [0.05, 0.1) is 0 Å². The van der Waals surface area contributed by atoms with E-state index >= 15 is 0 Å². The molecule has 0 aliphatic carbocycles. The van der Waals surface area contributed by atoms with Gasteiger partial charge < -0.3 is 14.6 Å². The van der Waals surface area contributed by atoms with Crippen LogP contribution in [0.5, 0.6) is 0 Å². The lowest BCUT2D eigenvalue weighted by Gasteiger charge is -2.14. The predicted octanol–water partition coefficient (Wildman–Crippen LogP) is 0.211. The average molecular weight is 190 g/mol. The molecule has 0 atom stereocenters. The van der Waals surface area contributed by atoms with Crippen molar-refractivity contribution < 1.29 is 24.2 Å². The second-order valence-corrected chi connectivity index (χ2v) is 2.30. The topological polar surface area (TPSA) is 72.8 Å². The van der Waals surface area contributed by atoms with Crippen molar-refractivity contribution in [1.82, 2.24) is 0 Å². The SMILES string of the molecule is CCC(=O)OC(CO)OC(=O)CC. The maximum Gasteiger partial charge on any atom is 0.308 e. The van der Waals surface area contributed by atoms with E-state index in [1.165, 1.54) is 0 Å². The van der Waals surface area contributed by atoms with Crippen molar-refractivity contribution in [2.24, 2.45) is 0 Å². The standard InChI is InChI=1S/C8H14O5/c1-3-6(10)12-8(5-9)13-7(11)4-2/h8-9H,3-5H2,1-2H3. The fourth-order valence-electron chi connectivity index (χ4n) is 0.558. The van der Waals surface area contributed by atoms with Crippen molar-refractivity contribution in [1.29, 1.82) is 0 Å². The van der Waals surface area contributed by atoms with Gasteiger partial charge in [0, 0.05) is 12.8 Å². The zero-order valence-corrected chi connectivity index (χ0v) is 7.78. The molecule has 0 rings (SSSR count). The van der Waals surface area contributed by atoms with Gasteiger partial charge in [-0.05, 0) is 0 Å². The fraction of sp³-hybridized carbons (Fsp3) is 0.750. The van der Waals surface area contributed by atoms with E-state index in [-0.39, 0.29) is 12.8 Å². The Morgan fingerprint density at radius 2 is 1.54 bits per heavy atom. The van der Waals surface area contributed by atoms with Crippen LogP contribution in [0.4, 0.5) is 0 Å². The summed E-state index contributed by atoms with van der Waals surface area (Å²) in [6.07, 6.45) is -0.805. The van der Waals surface area contributed by atoms with E-state index in [0.717, 1.165) is 0 Å². The molecular formula is C8H14O5. The number of ether oxygens (including phenoxy) is 2. The molecule has 13 heavy (non-hydrogen) atoms. The molecule has 0 aliphatic heterocycles. The quantitative estimate of drug-likeness (QED) is 0.495. The molecule has 0 aliphatic rings. The summed E-state index contributed by atoms with van der Waals surface area (Å²) in [5, 5.41) is 8.66. The predicted molar refractivity (Wildman–Crippen MR) is 43.6 cm³/mol. The third-order valence-electron chi connectivity index (χ3n) is 1.25. The van der Waals surface area contributed by atoms with E-state index in [1.54, 1.807) is 13.8 Å². The first-order valence-corrected chi connectivity index (χ1v) is 4.13. The summed E-state index contributed by atoms with van der Waals surface area (Å²) in [4.78, 5) is 21.5. The molecule has 5 heteroatoms. The van der Waals surface area contributed by atoms with Gasteiger partial charge in [0.2, 0.25) is 0 Å². The van der Waals surface area contributed by atoms with Crippen molar-refractivity contribution in [3.63, 3.8) is 0 Å². The van der Waals surface area contributed by atoms with E-state index in [2.05, 4.69) is 9.47 Å². The summed E-state index contributed by atoms with van der Waals surface area (Å²) in [5.41, 5.74) is 0. The van der Waals surface area contributed by atoms with Crippen LogP contribution in [-0.4, -0.2) is 29.9 Å². The third kappa shape index (κ3) is 5.19. The van der Waals surface area contributed by atoms with Crippen molar-refractivity contribution in [2.75, 3.05) is 6.61 Å². The highest BCUT2D eigenvalue weighted by Gasteiger charge is 2.15. The van der Waals surface area contributed by atoms with Gasteiger partial charge in [-0.1, -0.05) is 13.8 Å². The Hall–Kier alpha value is -1.10. The summed E-state index contributed by atoms with van der Waals surface area (Å²) < 4.78 is 9.18. The molecular weight excluding hydrogens is 176 g/mol. The van der Waals surface area contributed by atoms with Crippen LogP contribution in [0, 0.1) is 0 Å². The zero-order chi connectivity index (χ0) is 10.3. The number of aliphatic hydroxyl groups is 1. The lowest BCUT2D eigenvalue weighted by Crippen LogP contribution is -2.27. The Kier molecular flexibility index (Phi) is 5.88. The van der Waals surface area contributed by atoms with Crippen LogP contribution in [0.2, 0.25) is 0 Å². The lowest BCUT2D eigenvalue weighted by atomic mass is 10.5.